The number of hydrogen-bond donors (Lipinski definition) is 1. The molecule has 2 aromatic rings. The van der Waals surface area contributed by atoms with E-state index in [1.54, 1.807) is 0 Å². The van der Waals surface area contributed by atoms with Gasteiger partial charge in [0.15, 0.2) is 0 Å². The predicted molar refractivity (Wildman–Crippen MR) is 80.4 cm³/mol. The monoisotopic (exact) mass is 311 g/mol. The Morgan fingerprint density at radius 2 is 2.10 bits per heavy atom. The number of hydrogen-bond acceptors (Lipinski definition) is 4. The maximum atomic E-state index is 13.9. The SMILES string of the molecule is CCCNC(Cc1cc(F)ccc1F)c1snnc1CC. The van der Waals surface area contributed by atoms with Crippen LogP contribution in [0.4, 0.5) is 8.78 Å². The number of nitrogens with zero attached hydrogens (tertiary/aromatic N) is 2. The van der Waals surface area contributed by atoms with Gasteiger partial charge in [0.2, 0.25) is 0 Å². The molecule has 1 heterocycles. The highest BCUT2D eigenvalue weighted by molar-refractivity contribution is 7.05. The van der Waals surface area contributed by atoms with Gasteiger partial charge in [0, 0.05) is 6.04 Å². The van der Waals surface area contributed by atoms with Gasteiger partial charge in [0.1, 0.15) is 11.6 Å². The van der Waals surface area contributed by atoms with Crippen molar-refractivity contribution in [1.29, 1.82) is 0 Å². The molecular weight excluding hydrogens is 292 g/mol. The van der Waals surface area contributed by atoms with Gasteiger partial charge in [-0.05, 0) is 61.1 Å². The van der Waals surface area contributed by atoms with Crippen molar-refractivity contribution in [1.82, 2.24) is 14.9 Å². The molecular formula is C15H19F2N3S. The maximum absolute atomic E-state index is 13.9. The zero-order chi connectivity index (χ0) is 15.2. The Kier molecular flexibility index (Phi) is 5.76. The summed E-state index contributed by atoms with van der Waals surface area (Å²) in [5.74, 6) is -0.797. The summed E-state index contributed by atoms with van der Waals surface area (Å²) in [7, 11) is 0. The number of nitrogens with one attached hydrogen (secondary N) is 1. The van der Waals surface area contributed by atoms with Crippen LogP contribution in [0.3, 0.4) is 0 Å². The van der Waals surface area contributed by atoms with Gasteiger partial charge in [-0.1, -0.05) is 18.3 Å². The Labute approximate surface area is 127 Å². The Balaban J connectivity index is 2.26. The first-order chi connectivity index (χ1) is 10.2. The molecule has 1 aromatic carbocycles. The smallest absolute Gasteiger partial charge is 0.126 e. The quantitative estimate of drug-likeness (QED) is 0.848. The highest BCUT2D eigenvalue weighted by Crippen LogP contribution is 2.26. The van der Waals surface area contributed by atoms with Crippen LogP contribution < -0.4 is 5.32 Å². The lowest BCUT2D eigenvalue weighted by Crippen LogP contribution is -2.24. The molecule has 1 unspecified atom stereocenters. The van der Waals surface area contributed by atoms with E-state index in [0.29, 0.717) is 12.0 Å². The number of aromatic nitrogens is 2. The van der Waals surface area contributed by atoms with Crippen LogP contribution in [0.2, 0.25) is 0 Å². The topological polar surface area (TPSA) is 37.8 Å². The van der Waals surface area contributed by atoms with Crippen molar-refractivity contribution in [3.05, 3.63) is 46.0 Å². The molecule has 114 valence electrons. The van der Waals surface area contributed by atoms with Crippen molar-refractivity contribution in [3.63, 3.8) is 0 Å². The summed E-state index contributed by atoms with van der Waals surface area (Å²) in [5, 5.41) is 7.49. The standard InChI is InChI=1S/C15H19F2N3S/c1-3-7-18-14(15-13(4-2)19-20-21-15)9-10-8-11(16)5-6-12(10)17/h5-6,8,14,18H,3-4,7,9H2,1-2H3. The molecule has 1 aromatic heterocycles. The van der Waals surface area contributed by atoms with E-state index in [4.69, 9.17) is 0 Å². The molecule has 1 N–H and O–H groups in total. The summed E-state index contributed by atoms with van der Waals surface area (Å²) >= 11 is 1.32. The summed E-state index contributed by atoms with van der Waals surface area (Å²) in [6, 6.07) is 3.48. The van der Waals surface area contributed by atoms with Crippen LogP contribution in [0.15, 0.2) is 18.2 Å². The van der Waals surface area contributed by atoms with Crippen molar-refractivity contribution in [2.45, 2.75) is 39.2 Å². The van der Waals surface area contributed by atoms with Crippen molar-refractivity contribution < 1.29 is 8.78 Å². The third-order valence-corrected chi connectivity index (χ3v) is 4.19. The summed E-state index contributed by atoms with van der Waals surface area (Å²) in [4.78, 5) is 1.01. The lowest BCUT2D eigenvalue weighted by molar-refractivity contribution is 0.511. The molecule has 2 rings (SSSR count). The van der Waals surface area contributed by atoms with E-state index in [1.165, 1.54) is 23.7 Å². The fourth-order valence-corrected chi connectivity index (χ4v) is 3.03. The maximum Gasteiger partial charge on any atom is 0.126 e. The summed E-state index contributed by atoms with van der Waals surface area (Å²) in [6.07, 6.45) is 2.14. The zero-order valence-corrected chi connectivity index (χ0v) is 13.0. The van der Waals surface area contributed by atoms with Gasteiger partial charge in [0.25, 0.3) is 0 Å². The van der Waals surface area contributed by atoms with Crippen LogP contribution in [0.1, 0.15) is 42.4 Å². The minimum Gasteiger partial charge on any atom is -0.309 e. The van der Waals surface area contributed by atoms with E-state index in [0.717, 1.165) is 36.0 Å². The van der Waals surface area contributed by atoms with Crippen molar-refractivity contribution in [2.75, 3.05) is 6.54 Å². The largest absolute Gasteiger partial charge is 0.309 e. The Morgan fingerprint density at radius 1 is 1.29 bits per heavy atom. The van der Waals surface area contributed by atoms with Crippen molar-refractivity contribution in [2.24, 2.45) is 0 Å². The number of halogens is 2. The average molecular weight is 311 g/mol. The van der Waals surface area contributed by atoms with Gasteiger partial charge in [-0.2, -0.15) is 0 Å². The predicted octanol–water partition coefficient (Wildman–Crippen LogP) is 3.66. The van der Waals surface area contributed by atoms with Crippen molar-refractivity contribution in [3.8, 4) is 0 Å². The van der Waals surface area contributed by atoms with E-state index in [2.05, 4.69) is 21.8 Å². The van der Waals surface area contributed by atoms with E-state index < -0.39 is 5.82 Å². The molecule has 0 radical (unpaired) electrons. The fourth-order valence-electron chi connectivity index (χ4n) is 2.22. The molecule has 0 saturated heterocycles. The van der Waals surface area contributed by atoms with Gasteiger partial charge in [-0.25, -0.2) is 8.78 Å². The van der Waals surface area contributed by atoms with Crippen molar-refractivity contribution >= 4 is 11.5 Å². The first-order valence-electron chi connectivity index (χ1n) is 7.14. The third kappa shape index (κ3) is 4.04. The number of rotatable bonds is 7. The molecule has 0 aliphatic rings. The van der Waals surface area contributed by atoms with Crippen LogP contribution in [0.25, 0.3) is 0 Å². The second kappa shape index (κ2) is 7.56. The molecule has 6 heteroatoms. The highest BCUT2D eigenvalue weighted by atomic mass is 32.1. The summed E-state index contributed by atoms with van der Waals surface area (Å²) in [6.45, 7) is 4.89. The molecule has 0 fully saturated rings. The van der Waals surface area contributed by atoms with Crippen LogP contribution in [0.5, 0.6) is 0 Å². The van der Waals surface area contributed by atoms with E-state index in [9.17, 15) is 8.78 Å². The molecule has 0 aliphatic heterocycles. The number of aryl methyl sites for hydroxylation is 1. The summed E-state index contributed by atoms with van der Waals surface area (Å²) in [5.41, 5.74) is 1.30. The van der Waals surface area contributed by atoms with Gasteiger partial charge in [0.05, 0.1) is 10.6 Å². The van der Waals surface area contributed by atoms with Gasteiger partial charge < -0.3 is 5.32 Å². The fraction of sp³-hybridized carbons (Fsp3) is 0.467. The Hall–Kier alpha value is -1.40. The molecule has 3 nitrogen and oxygen atoms in total. The van der Waals surface area contributed by atoms with Crippen LogP contribution in [0, 0.1) is 11.6 Å². The Morgan fingerprint density at radius 3 is 2.81 bits per heavy atom. The average Bonchev–Trinajstić information content (AvgIpc) is 2.95. The minimum absolute atomic E-state index is 0.0869. The first kappa shape index (κ1) is 16.0. The number of benzene rings is 1. The molecule has 1 atom stereocenters. The first-order valence-corrected chi connectivity index (χ1v) is 7.91. The lowest BCUT2D eigenvalue weighted by Gasteiger charge is -2.18. The second-order valence-corrected chi connectivity index (χ2v) is 5.67. The van der Waals surface area contributed by atoms with Crippen LogP contribution >= 0.6 is 11.5 Å². The van der Waals surface area contributed by atoms with Gasteiger partial charge >= 0.3 is 0 Å². The van der Waals surface area contributed by atoms with Gasteiger partial charge in [-0.3, -0.25) is 0 Å². The Bertz CT molecular complexity index is 586. The lowest BCUT2D eigenvalue weighted by atomic mass is 10.0. The van der Waals surface area contributed by atoms with Crippen LogP contribution in [-0.2, 0) is 12.8 Å². The highest BCUT2D eigenvalue weighted by Gasteiger charge is 2.20. The van der Waals surface area contributed by atoms with Gasteiger partial charge in [-0.15, -0.1) is 5.10 Å². The second-order valence-electron chi connectivity index (χ2n) is 4.88. The summed E-state index contributed by atoms with van der Waals surface area (Å²) < 4.78 is 31.2. The van der Waals surface area contributed by atoms with E-state index >= 15 is 0 Å². The molecule has 0 spiro atoms. The molecule has 0 bridgehead atoms. The molecule has 0 aliphatic carbocycles. The van der Waals surface area contributed by atoms with Crippen LogP contribution in [-0.4, -0.2) is 16.1 Å². The third-order valence-electron chi connectivity index (χ3n) is 3.31. The van der Waals surface area contributed by atoms with E-state index in [-0.39, 0.29) is 11.9 Å². The minimum atomic E-state index is -0.418. The normalized spacial score (nSPS) is 12.6. The molecule has 0 amide bonds. The van der Waals surface area contributed by atoms with E-state index in [1.807, 2.05) is 6.92 Å². The molecule has 21 heavy (non-hydrogen) atoms. The molecule has 0 saturated carbocycles. The zero-order valence-electron chi connectivity index (χ0n) is 12.2.